The van der Waals surface area contributed by atoms with Crippen molar-refractivity contribution in [2.75, 3.05) is 12.4 Å². The van der Waals surface area contributed by atoms with Gasteiger partial charge >= 0.3 is 5.97 Å². The number of benzene rings is 2. The van der Waals surface area contributed by atoms with Crippen LogP contribution in [0.4, 0.5) is 10.1 Å². The highest BCUT2D eigenvalue weighted by Gasteiger charge is 2.40. The SMILES string of the molecule is CCC(Nc1ccccc1)(C(=O)OC)c1cccc(F)c1. The van der Waals surface area contributed by atoms with E-state index in [2.05, 4.69) is 5.32 Å². The van der Waals surface area contributed by atoms with Gasteiger partial charge in [0, 0.05) is 5.69 Å². The summed E-state index contributed by atoms with van der Waals surface area (Å²) in [6.07, 6.45) is 0.429. The first-order valence-electron chi connectivity index (χ1n) is 6.80. The molecule has 0 aliphatic heterocycles. The molecular weight excluding hydrogens is 269 g/mol. The summed E-state index contributed by atoms with van der Waals surface area (Å²) in [6, 6.07) is 15.3. The van der Waals surface area contributed by atoms with Crippen LogP contribution in [0.15, 0.2) is 54.6 Å². The standard InChI is InChI=1S/C17H18FNO2/c1-3-17(16(20)21-2,13-8-7-9-14(18)12-13)19-15-10-5-4-6-11-15/h4-12,19H,3H2,1-2H3. The Kier molecular flexibility index (Phi) is 4.58. The minimum absolute atomic E-state index is 0.385. The highest BCUT2D eigenvalue weighted by molar-refractivity contribution is 5.86. The van der Waals surface area contributed by atoms with E-state index in [1.54, 1.807) is 12.1 Å². The van der Waals surface area contributed by atoms with Gasteiger partial charge in [-0.25, -0.2) is 9.18 Å². The number of methoxy groups -OCH3 is 1. The second kappa shape index (κ2) is 6.39. The molecule has 0 bridgehead atoms. The molecule has 0 fully saturated rings. The van der Waals surface area contributed by atoms with E-state index >= 15 is 0 Å². The van der Waals surface area contributed by atoms with E-state index in [4.69, 9.17) is 4.74 Å². The molecule has 110 valence electrons. The Morgan fingerprint density at radius 1 is 1.19 bits per heavy atom. The molecule has 0 radical (unpaired) electrons. The van der Waals surface area contributed by atoms with Crippen molar-refractivity contribution in [1.29, 1.82) is 0 Å². The van der Waals surface area contributed by atoms with Gasteiger partial charge in [0.25, 0.3) is 0 Å². The maximum atomic E-state index is 13.6. The second-order valence-electron chi connectivity index (χ2n) is 4.75. The van der Waals surface area contributed by atoms with Crippen LogP contribution in [-0.2, 0) is 15.1 Å². The van der Waals surface area contributed by atoms with Crippen LogP contribution >= 0.6 is 0 Å². The van der Waals surface area contributed by atoms with Crippen molar-refractivity contribution in [3.8, 4) is 0 Å². The Morgan fingerprint density at radius 3 is 2.48 bits per heavy atom. The summed E-state index contributed by atoms with van der Waals surface area (Å²) in [7, 11) is 1.33. The molecule has 2 aromatic rings. The predicted molar refractivity (Wildman–Crippen MR) is 80.4 cm³/mol. The van der Waals surface area contributed by atoms with Crippen molar-refractivity contribution in [3.63, 3.8) is 0 Å². The third kappa shape index (κ3) is 3.05. The molecule has 1 unspecified atom stereocenters. The molecule has 0 saturated carbocycles. The molecular formula is C17H18FNO2. The van der Waals surface area contributed by atoms with Gasteiger partial charge in [0.05, 0.1) is 7.11 Å². The molecule has 0 spiro atoms. The fourth-order valence-corrected chi connectivity index (χ4v) is 2.37. The minimum atomic E-state index is -1.11. The highest BCUT2D eigenvalue weighted by atomic mass is 19.1. The lowest BCUT2D eigenvalue weighted by Gasteiger charge is -2.32. The molecule has 0 aromatic heterocycles. The predicted octanol–water partition coefficient (Wildman–Crippen LogP) is 3.72. The van der Waals surface area contributed by atoms with Gasteiger partial charge in [0.2, 0.25) is 0 Å². The van der Waals surface area contributed by atoms with E-state index in [1.165, 1.54) is 19.2 Å². The van der Waals surface area contributed by atoms with Crippen molar-refractivity contribution >= 4 is 11.7 Å². The molecule has 0 amide bonds. The average Bonchev–Trinajstić information content (AvgIpc) is 2.53. The maximum Gasteiger partial charge on any atom is 0.336 e. The number of anilines is 1. The van der Waals surface area contributed by atoms with E-state index in [9.17, 15) is 9.18 Å². The van der Waals surface area contributed by atoms with E-state index in [-0.39, 0.29) is 5.82 Å². The van der Waals surface area contributed by atoms with Gasteiger partial charge in [-0.1, -0.05) is 37.3 Å². The summed E-state index contributed by atoms with van der Waals surface area (Å²) >= 11 is 0. The van der Waals surface area contributed by atoms with Crippen molar-refractivity contribution in [1.82, 2.24) is 0 Å². The number of rotatable bonds is 5. The number of hydrogen-bond acceptors (Lipinski definition) is 3. The monoisotopic (exact) mass is 287 g/mol. The van der Waals surface area contributed by atoms with Crippen molar-refractivity contribution < 1.29 is 13.9 Å². The molecule has 2 aromatic carbocycles. The van der Waals surface area contributed by atoms with Crippen LogP contribution in [0.1, 0.15) is 18.9 Å². The number of nitrogens with one attached hydrogen (secondary N) is 1. The molecule has 1 atom stereocenters. The van der Waals surface area contributed by atoms with Crippen LogP contribution in [0.2, 0.25) is 0 Å². The lowest BCUT2D eigenvalue weighted by atomic mass is 9.86. The molecule has 3 nitrogen and oxygen atoms in total. The smallest absolute Gasteiger partial charge is 0.336 e. The zero-order chi connectivity index (χ0) is 15.3. The fourth-order valence-electron chi connectivity index (χ4n) is 2.37. The Morgan fingerprint density at radius 2 is 1.90 bits per heavy atom. The molecule has 0 saturated heterocycles. The van der Waals surface area contributed by atoms with Crippen LogP contribution < -0.4 is 5.32 Å². The van der Waals surface area contributed by atoms with E-state index < -0.39 is 11.5 Å². The number of esters is 1. The fraction of sp³-hybridized carbons (Fsp3) is 0.235. The van der Waals surface area contributed by atoms with Gasteiger partial charge in [0.1, 0.15) is 5.82 Å². The van der Waals surface area contributed by atoms with Gasteiger partial charge in [-0.2, -0.15) is 0 Å². The summed E-state index contributed by atoms with van der Waals surface area (Å²) in [5.74, 6) is -0.830. The van der Waals surface area contributed by atoms with Gasteiger partial charge in [-0.15, -0.1) is 0 Å². The number of para-hydroxylation sites is 1. The number of carbonyl (C=O) groups is 1. The van der Waals surface area contributed by atoms with Gasteiger partial charge in [0.15, 0.2) is 5.54 Å². The van der Waals surface area contributed by atoms with Gasteiger partial charge < -0.3 is 10.1 Å². The zero-order valence-corrected chi connectivity index (χ0v) is 12.1. The van der Waals surface area contributed by atoms with E-state index in [0.29, 0.717) is 12.0 Å². The van der Waals surface area contributed by atoms with Crippen LogP contribution in [0, 0.1) is 5.82 Å². The normalized spacial score (nSPS) is 13.3. The Labute approximate surface area is 123 Å². The van der Waals surface area contributed by atoms with Crippen LogP contribution in [0.25, 0.3) is 0 Å². The Bertz CT molecular complexity index is 615. The molecule has 21 heavy (non-hydrogen) atoms. The first-order valence-corrected chi connectivity index (χ1v) is 6.80. The van der Waals surface area contributed by atoms with Crippen LogP contribution in [-0.4, -0.2) is 13.1 Å². The minimum Gasteiger partial charge on any atom is -0.467 e. The first kappa shape index (κ1) is 15.0. The number of ether oxygens (including phenoxy) is 1. The number of carbonyl (C=O) groups excluding carboxylic acids is 1. The molecule has 4 heteroatoms. The quantitative estimate of drug-likeness (QED) is 0.852. The molecule has 0 aliphatic rings. The lowest BCUT2D eigenvalue weighted by molar-refractivity contribution is -0.146. The van der Waals surface area contributed by atoms with Crippen molar-refractivity contribution in [2.24, 2.45) is 0 Å². The topological polar surface area (TPSA) is 38.3 Å². The third-order valence-corrected chi connectivity index (χ3v) is 3.51. The maximum absolute atomic E-state index is 13.6. The van der Waals surface area contributed by atoms with E-state index in [1.807, 2.05) is 37.3 Å². The molecule has 0 heterocycles. The van der Waals surface area contributed by atoms with Crippen molar-refractivity contribution in [3.05, 3.63) is 66.0 Å². The van der Waals surface area contributed by atoms with Gasteiger partial charge in [-0.3, -0.25) is 0 Å². The largest absolute Gasteiger partial charge is 0.467 e. The molecule has 0 aliphatic carbocycles. The molecule has 2 rings (SSSR count). The van der Waals surface area contributed by atoms with Crippen molar-refractivity contribution in [2.45, 2.75) is 18.9 Å². The second-order valence-corrected chi connectivity index (χ2v) is 4.75. The van der Waals surface area contributed by atoms with E-state index in [0.717, 1.165) is 5.69 Å². The lowest BCUT2D eigenvalue weighted by Crippen LogP contribution is -2.44. The third-order valence-electron chi connectivity index (χ3n) is 3.51. The van der Waals surface area contributed by atoms with Gasteiger partial charge in [-0.05, 0) is 36.2 Å². The Hall–Kier alpha value is -2.36. The summed E-state index contributed by atoms with van der Waals surface area (Å²) in [5, 5.41) is 3.20. The highest BCUT2D eigenvalue weighted by Crippen LogP contribution is 2.31. The molecule has 1 N–H and O–H groups in total. The van der Waals surface area contributed by atoms with Crippen LogP contribution in [0.5, 0.6) is 0 Å². The first-order chi connectivity index (χ1) is 10.1. The Balaban J connectivity index is 2.50. The van der Waals surface area contributed by atoms with Crippen LogP contribution in [0.3, 0.4) is 0 Å². The summed E-state index contributed by atoms with van der Waals surface area (Å²) < 4.78 is 18.5. The average molecular weight is 287 g/mol. The zero-order valence-electron chi connectivity index (χ0n) is 12.1. The number of hydrogen-bond donors (Lipinski definition) is 1. The summed E-state index contributed by atoms with van der Waals surface area (Å²) in [5.41, 5.74) is 0.202. The summed E-state index contributed by atoms with van der Waals surface area (Å²) in [6.45, 7) is 1.86. The number of halogens is 1. The summed E-state index contributed by atoms with van der Waals surface area (Å²) in [4.78, 5) is 12.4.